The van der Waals surface area contributed by atoms with E-state index in [1.54, 1.807) is 7.11 Å². The molecule has 0 bridgehead atoms. The molecule has 2 heterocycles. The lowest BCUT2D eigenvalue weighted by Crippen LogP contribution is -2.48. The second-order valence-electron chi connectivity index (χ2n) is 6.70. The number of nitrogens with one attached hydrogen (secondary N) is 1. The first-order valence-corrected chi connectivity index (χ1v) is 8.91. The van der Waals surface area contributed by atoms with Crippen LogP contribution in [0.3, 0.4) is 0 Å². The quantitative estimate of drug-likeness (QED) is 0.861. The second-order valence-corrected chi connectivity index (χ2v) is 6.70. The molecule has 26 heavy (non-hydrogen) atoms. The molecule has 1 amide bonds. The Hall–Kier alpha value is -2.44. The van der Waals surface area contributed by atoms with E-state index in [-0.39, 0.29) is 5.91 Å². The maximum atomic E-state index is 12.3. The average Bonchev–Trinajstić information content (AvgIpc) is 2.63. The molecule has 138 valence electrons. The SMILES string of the molecule is COc1cccc(NC(=O)CN2CCN(Cc3cncc(C)c3)CC2)c1. The van der Waals surface area contributed by atoms with Crippen molar-refractivity contribution in [3.8, 4) is 5.75 Å². The van der Waals surface area contributed by atoms with Crippen LogP contribution in [0.4, 0.5) is 5.69 Å². The van der Waals surface area contributed by atoms with Crippen molar-refractivity contribution in [3.63, 3.8) is 0 Å². The van der Waals surface area contributed by atoms with Gasteiger partial charge in [0.05, 0.1) is 13.7 Å². The Balaban J connectivity index is 1.44. The fourth-order valence-corrected chi connectivity index (χ4v) is 3.17. The van der Waals surface area contributed by atoms with Crippen molar-refractivity contribution in [2.24, 2.45) is 0 Å². The van der Waals surface area contributed by atoms with E-state index in [1.807, 2.05) is 36.7 Å². The van der Waals surface area contributed by atoms with Crippen LogP contribution in [-0.2, 0) is 11.3 Å². The highest BCUT2D eigenvalue weighted by molar-refractivity contribution is 5.92. The average molecular weight is 354 g/mol. The van der Waals surface area contributed by atoms with Crippen LogP contribution in [0, 0.1) is 6.92 Å². The molecular formula is C20H26N4O2. The van der Waals surface area contributed by atoms with Gasteiger partial charge in [0.1, 0.15) is 5.75 Å². The number of carbonyl (C=O) groups excluding carboxylic acids is 1. The lowest BCUT2D eigenvalue weighted by Gasteiger charge is -2.34. The number of nitrogens with zero attached hydrogens (tertiary/aromatic N) is 3. The minimum atomic E-state index is 0.00888. The molecule has 3 rings (SSSR count). The zero-order valence-corrected chi connectivity index (χ0v) is 15.4. The molecular weight excluding hydrogens is 328 g/mol. The molecule has 6 heteroatoms. The summed E-state index contributed by atoms with van der Waals surface area (Å²) in [6.07, 6.45) is 3.81. The highest BCUT2D eigenvalue weighted by Crippen LogP contribution is 2.16. The number of ether oxygens (including phenoxy) is 1. The minimum Gasteiger partial charge on any atom is -0.497 e. The Labute approximate surface area is 154 Å². The number of rotatable bonds is 6. The molecule has 0 radical (unpaired) electrons. The van der Waals surface area contributed by atoms with Gasteiger partial charge in [-0.2, -0.15) is 0 Å². The predicted octanol–water partition coefficient (Wildman–Crippen LogP) is 2.15. The summed E-state index contributed by atoms with van der Waals surface area (Å²) in [6, 6.07) is 9.60. The van der Waals surface area contributed by atoms with E-state index in [0.717, 1.165) is 44.2 Å². The summed E-state index contributed by atoms with van der Waals surface area (Å²) in [5.74, 6) is 0.747. The van der Waals surface area contributed by atoms with Crippen molar-refractivity contribution in [1.29, 1.82) is 0 Å². The highest BCUT2D eigenvalue weighted by atomic mass is 16.5. The number of carbonyl (C=O) groups is 1. The summed E-state index contributed by atoms with van der Waals surface area (Å²) in [5, 5.41) is 2.94. The van der Waals surface area contributed by atoms with Crippen LogP contribution in [0.5, 0.6) is 5.75 Å². The number of aryl methyl sites for hydroxylation is 1. The Bertz CT molecular complexity index is 742. The van der Waals surface area contributed by atoms with Crippen molar-refractivity contribution >= 4 is 11.6 Å². The Morgan fingerprint density at radius 2 is 1.92 bits per heavy atom. The largest absolute Gasteiger partial charge is 0.497 e. The van der Waals surface area contributed by atoms with Gasteiger partial charge in [-0.25, -0.2) is 0 Å². The molecule has 0 saturated carbocycles. The number of aromatic nitrogens is 1. The third kappa shape index (κ3) is 5.28. The van der Waals surface area contributed by atoms with Gasteiger partial charge in [-0.05, 0) is 30.2 Å². The molecule has 1 aromatic heterocycles. The number of anilines is 1. The number of piperazine rings is 1. The number of benzene rings is 1. The highest BCUT2D eigenvalue weighted by Gasteiger charge is 2.19. The first-order valence-electron chi connectivity index (χ1n) is 8.91. The van der Waals surface area contributed by atoms with Crippen molar-refractivity contribution in [3.05, 3.63) is 53.9 Å². The summed E-state index contributed by atoms with van der Waals surface area (Å²) in [6.45, 7) is 7.10. The Morgan fingerprint density at radius 1 is 1.15 bits per heavy atom. The summed E-state index contributed by atoms with van der Waals surface area (Å²) in [4.78, 5) is 21.1. The van der Waals surface area contributed by atoms with E-state index < -0.39 is 0 Å². The van der Waals surface area contributed by atoms with E-state index in [2.05, 4.69) is 33.1 Å². The standard InChI is InChI=1S/C20H26N4O2/c1-16-10-17(13-21-12-16)14-23-6-8-24(9-7-23)15-20(25)22-18-4-3-5-19(11-18)26-2/h3-5,10-13H,6-9,14-15H2,1-2H3,(H,22,25). The molecule has 0 aliphatic carbocycles. The zero-order valence-electron chi connectivity index (χ0n) is 15.4. The monoisotopic (exact) mass is 354 g/mol. The first kappa shape index (κ1) is 18.4. The molecule has 1 aromatic carbocycles. The Kier molecular flexibility index (Phi) is 6.20. The van der Waals surface area contributed by atoms with Crippen LogP contribution in [0.15, 0.2) is 42.7 Å². The van der Waals surface area contributed by atoms with Gasteiger partial charge in [-0.3, -0.25) is 19.6 Å². The topological polar surface area (TPSA) is 57.7 Å². The predicted molar refractivity (Wildman–Crippen MR) is 102 cm³/mol. The van der Waals surface area contributed by atoms with Gasteiger partial charge in [0.15, 0.2) is 0 Å². The summed E-state index contributed by atoms with van der Waals surface area (Å²) in [5.41, 5.74) is 3.20. The van der Waals surface area contributed by atoms with Crippen LogP contribution in [0.1, 0.15) is 11.1 Å². The molecule has 1 saturated heterocycles. The van der Waals surface area contributed by atoms with Crippen LogP contribution < -0.4 is 10.1 Å². The molecule has 1 N–H and O–H groups in total. The molecule has 0 unspecified atom stereocenters. The number of pyridine rings is 1. The zero-order chi connectivity index (χ0) is 18.4. The maximum Gasteiger partial charge on any atom is 0.238 e. The summed E-state index contributed by atoms with van der Waals surface area (Å²) < 4.78 is 5.18. The molecule has 6 nitrogen and oxygen atoms in total. The second kappa shape index (κ2) is 8.78. The van der Waals surface area contributed by atoms with Gasteiger partial charge in [0, 0.05) is 56.9 Å². The lowest BCUT2D eigenvalue weighted by atomic mass is 10.2. The minimum absolute atomic E-state index is 0.00888. The fraction of sp³-hybridized carbons (Fsp3) is 0.400. The molecule has 0 atom stereocenters. The summed E-state index contributed by atoms with van der Waals surface area (Å²) >= 11 is 0. The van der Waals surface area contributed by atoms with E-state index in [9.17, 15) is 4.79 Å². The van der Waals surface area contributed by atoms with E-state index in [4.69, 9.17) is 4.74 Å². The van der Waals surface area contributed by atoms with Gasteiger partial charge in [0.2, 0.25) is 5.91 Å². The number of hydrogen-bond donors (Lipinski definition) is 1. The number of methoxy groups -OCH3 is 1. The van der Waals surface area contributed by atoms with E-state index in [1.165, 1.54) is 11.1 Å². The normalized spacial score (nSPS) is 15.6. The van der Waals surface area contributed by atoms with Crippen molar-refractivity contribution in [1.82, 2.24) is 14.8 Å². The van der Waals surface area contributed by atoms with Crippen molar-refractivity contribution in [2.45, 2.75) is 13.5 Å². The third-order valence-electron chi connectivity index (χ3n) is 4.52. The fourth-order valence-electron chi connectivity index (χ4n) is 3.17. The molecule has 1 aliphatic rings. The van der Waals surface area contributed by atoms with Crippen molar-refractivity contribution in [2.75, 3.05) is 45.2 Å². The molecule has 2 aromatic rings. The van der Waals surface area contributed by atoms with Crippen molar-refractivity contribution < 1.29 is 9.53 Å². The van der Waals surface area contributed by atoms with E-state index in [0.29, 0.717) is 6.54 Å². The van der Waals surface area contributed by atoms with E-state index >= 15 is 0 Å². The van der Waals surface area contributed by atoms with Gasteiger partial charge < -0.3 is 10.1 Å². The molecule has 1 aliphatic heterocycles. The van der Waals surface area contributed by atoms with Crippen LogP contribution in [0.2, 0.25) is 0 Å². The number of amides is 1. The van der Waals surface area contributed by atoms with Crippen LogP contribution in [-0.4, -0.2) is 60.5 Å². The smallest absolute Gasteiger partial charge is 0.238 e. The van der Waals surface area contributed by atoms with Gasteiger partial charge in [-0.15, -0.1) is 0 Å². The first-order chi connectivity index (χ1) is 12.6. The maximum absolute atomic E-state index is 12.3. The molecule has 1 fully saturated rings. The third-order valence-corrected chi connectivity index (χ3v) is 4.52. The lowest BCUT2D eigenvalue weighted by molar-refractivity contribution is -0.117. The number of hydrogen-bond acceptors (Lipinski definition) is 5. The van der Waals surface area contributed by atoms with Gasteiger partial charge in [0.25, 0.3) is 0 Å². The Morgan fingerprint density at radius 3 is 2.65 bits per heavy atom. The van der Waals surface area contributed by atoms with Crippen LogP contribution in [0.25, 0.3) is 0 Å². The van der Waals surface area contributed by atoms with Gasteiger partial charge >= 0.3 is 0 Å². The van der Waals surface area contributed by atoms with Crippen LogP contribution >= 0.6 is 0 Å². The van der Waals surface area contributed by atoms with Gasteiger partial charge in [-0.1, -0.05) is 12.1 Å². The summed E-state index contributed by atoms with van der Waals surface area (Å²) in [7, 11) is 1.62. The molecule has 0 spiro atoms.